The van der Waals surface area contributed by atoms with Crippen molar-refractivity contribution in [3.63, 3.8) is 0 Å². The van der Waals surface area contributed by atoms with Gasteiger partial charge in [0.1, 0.15) is 22.5 Å². The van der Waals surface area contributed by atoms with Gasteiger partial charge in [0.25, 0.3) is 0 Å². The van der Waals surface area contributed by atoms with E-state index >= 15 is 0 Å². The van der Waals surface area contributed by atoms with Crippen LogP contribution in [0.15, 0.2) is 21.3 Å². The van der Waals surface area contributed by atoms with Crippen molar-refractivity contribution in [2.75, 3.05) is 7.11 Å². The highest BCUT2D eigenvalue weighted by Gasteiger charge is 2.26. The number of benzene rings is 1. The van der Waals surface area contributed by atoms with E-state index in [1.807, 2.05) is 0 Å². The Hall–Kier alpha value is -2.17. The van der Waals surface area contributed by atoms with Gasteiger partial charge in [0.2, 0.25) is 11.2 Å². The topological polar surface area (TPSA) is 79.9 Å². The first-order valence-corrected chi connectivity index (χ1v) is 7.18. The lowest BCUT2D eigenvalue weighted by molar-refractivity contribution is 0.332. The first kappa shape index (κ1) is 13.8. The Morgan fingerprint density at radius 2 is 1.90 bits per heavy atom. The minimum absolute atomic E-state index is 0.0456. The molecule has 2 aromatic rings. The zero-order valence-corrected chi connectivity index (χ0v) is 11.9. The number of hydrogen-bond donors (Lipinski definition) is 2. The smallest absolute Gasteiger partial charge is 0.238 e. The summed E-state index contributed by atoms with van der Waals surface area (Å²) < 4.78 is 11.1. The summed E-state index contributed by atoms with van der Waals surface area (Å²) in [5.74, 6) is 0.403. The summed E-state index contributed by atoms with van der Waals surface area (Å²) >= 11 is 0. The van der Waals surface area contributed by atoms with Crippen LogP contribution in [0.25, 0.3) is 11.0 Å². The lowest BCUT2D eigenvalue weighted by atomic mass is 9.87. The largest absolute Gasteiger partial charge is 0.508 e. The average molecular weight is 290 g/mol. The Kier molecular flexibility index (Phi) is 3.49. The normalized spacial score (nSPS) is 16.2. The molecule has 0 atom stereocenters. The number of hydrogen-bond acceptors (Lipinski definition) is 5. The second-order valence-corrected chi connectivity index (χ2v) is 5.50. The molecule has 1 aromatic carbocycles. The summed E-state index contributed by atoms with van der Waals surface area (Å²) in [6.45, 7) is 0. The fraction of sp³-hybridized carbons (Fsp3) is 0.438. The van der Waals surface area contributed by atoms with Crippen LogP contribution in [-0.2, 0) is 0 Å². The Morgan fingerprint density at radius 1 is 1.19 bits per heavy atom. The quantitative estimate of drug-likeness (QED) is 0.887. The number of rotatable bonds is 2. The highest BCUT2D eigenvalue weighted by Crippen LogP contribution is 2.39. The van der Waals surface area contributed by atoms with E-state index in [4.69, 9.17) is 9.15 Å². The van der Waals surface area contributed by atoms with Crippen LogP contribution >= 0.6 is 0 Å². The molecule has 0 saturated heterocycles. The molecule has 1 fully saturated rings. The third-order valence-corrected chi connectivity index (χ3v) is 4.12. The van der Waals surface area contributed by atoms with Gasteiger partial charge in [-0.15, -0.1) is 0 Å². The van der Waals surface area contributed by atoms with Gasteiger partial charge in [0, 0.05) is 18.1 Å². The second kappa shape index (κ2) is 5.31. The molecule has 5 heteroatoms. The van der Waals surface area contributed by atoms with Gasteiger partial charge in [-0.1, -0.05) is 19.3 Å². The molecule has 0 bridgehead atoms. The van der Waals surface area contributed by atoms with Crippen LogP contribution < -0.4 is 10.2 Å². The molecule has 0 aliphatic heterocycles. The van der Waals surface area contributed by atoms with Crippen LogP contribution in [0.3, 0.4) is 0 Å². The van der Waals surface area contributed by atoms with Crippen molar-refractivity contribution in [2.45, 2.75) is 38.0 Å². The molecule has 1 aliphatic carbocycles. The summed E-state index contributed by atoms with van der Waals surface area (Å²) in [7, 11) is 1.43. The maximum Gasteiger partial charge on any atom is 0.238 e. The molecule has 0 unspecified atom stereocenters. The number of phenolic OH excluding ortho intramolecular Hbond substituents is 2. The lowest BCUT2D eigenvalue weighted by Crippen LogP contribution is -2.13. The van der Waals surface area contributed by atoms with Gasteiger partial charge in [-0.3, -0.25) is 4.79 Å². The van der Waals surface area contributed by atoms with Gasteiger partial charge in [0.15, 0.2) is 5.76 Å². The van der Waals surface area contributed by atoms with Crippen molar-refractivity contribution in [3.8, 4) is 17.2 Å². The van der Waals surface area contributed by atoms with Crippen LogP contribution in [0.2, 0.25) is 0 Å². The minimum Gasteiger partial charge on any atom is -0.508 e. The van der Waals surface area contributed by atoms with Crippen LogP contribution in [0.4, 0.5) is 0 Å². The summed E-state index contributed by atoms with van der Waals surface area (Å²) in [4.78, 5) is 12.5. The molecule has 5 nitrogen and oxygen atoms in total. The predicted molar refractivity (Wildman–Crippen MR) is 78.2 cm³/mol. The van der Waals surface area contributed by atoms with Gasteiger partial charge < -0.3 is 19.4 Å². The minimum atomic E-state index is -0.392. The molecular weight excluding hydrogens is 272 g/mol. The zero-order chi connectivity index (χ0) is 15.0. The Bertz CT molecular complexity index is 726. The summed E-state index contributed by atoms with van der Waals surface area (Å²) in [5.41, 5.74) is -0.198. The third-order valence-electron chi connectivity index (χ3n) is 4.12. The highest BCUT2D eigenvalue weighted by atomic mass is 16.5. The van der Waals surface area contributed by atoms with E-state index in [1.165, 1.54) is 19.6 Å². The zero-order valence-electron chi connectivity index (χ0n) is 11.9. The molecular formula is C16H18O5. The summed E-state index contributed by atoms with van der Waals surface area (Å²) in [6.07, 6.45) is 5.30. The molecule has 1 saturated carbocycles. The van der Waals surface area contributed by atoms with Crippen molar-refractivity contribution >= 4 is 11.0 Å². The van der Waals surface area contributed by atoms with Crippen molar-refractivity contribution in [2.24, 2.45) is 0 Å². The van der Waals surface area contributed by atoms with Crippen molar-refractivity contribution in [3.05, 3.63) is 28.1 Å². The Morgan fingerprint density at radius 3 is 2.57 bits per heavy atom. The first-order valence-electron chi connectivity index (χ1n) is 7.18. The molecule has 0 radical (unpaired) electrons. The van der Waals surface area contributed by atoms with E-state index in [9.17, 15) is 15.0 Å². The molecule has 1 aromatic heterocycles. The first-order chi connectivity index (χ1) is 10.1. The van der Waals surface area contributed by atoms with E-state index in [1.54, 1.807) is 0 Å². The van der Waals surface area contributed by atoms with E-state index in [-0.39, 0.29) is 34.1 Å². The van der Waals surface area contributed by atoms with Crippen LogP contribution in [-0.4, -0.2) is 17.3 Å². The van der Waals surface area contributed by atoms with Gasteiger partial charge in [-0.2, -0.15) is 0 Å². The van der Waals surface area contributed by atoms with Gasteiger partial charge in [-0.25, -0.2) is 0 Å². The maximum absolute atomic E-state index is 12.5. The molecule has 1 heterocycles. The highest BCUT2D eigenvalue weighted by molar-refractivity contribution is 5.86. The molecule has 2 N–H and O–H groups in total. The summed E-state index contributed by atoms with van der Waals surface area (Å²) in [5, 5.41) is 19.5. The van der Waals surface area contributed by atoms with Crippen LogP contribution in [0, 0.1) is 0 Å². The third kappa shape index (κ3) is 2.33. The average Bonchev–Trinajstić information content (AvgIpc) is 2.47. The van der Waals surface area contributed by atoms with Gasteiger partial charge >= 0.3 is 0 Å². The fourth-order valence-electron chi connectivity index (χ4n) is 3.11. The number of aromatic hydroxyl groups is 2. The molecule has 0 amide bonds. The molecule has 0 spiro atoms. The number of fused-ring (bicyclic) bond motifs is 1. The van der Waals surface area contributed by atoms with Crippen molar-refractivity contribution in [1.82, 2.24) is 0 Å². The van der Waals surface area contributed by atoms with E-state index in [2.05, 4.69) is 0 Å². The Labute approximate surface area is 121 Å². The molecule has 112 valence electrons. The molecule has 3 rings (SSSR count). The van der Waals surface area contributed by atoms with E-state index in [0.717, 1.165) is 31.7 Å². The van der Waals surface area contributed by atoms with E-state index in [0.29, 0.717) is 5.76 Å². The fourth-order valence-corrected chi connectivity index (χ4v) is 3.11. The van der Waals surface area contributed by atoms with Crippen LogP contribution in [0.5, 0.6) is 17.2 Å². The lowest BCUT2D eigenvalue weighted by Gasteiger charge is -2.22. The Balaban J connectivity index is 2.26. The second-order valence-electron chi connectivity index (χ2n) is 5.50. The number of ether oxygens (including phenoxy) is 1. The van der Waals surface area contributed by atoms with E-state index < -0.39 is 5.43 Å². The molecule has 21 heavy (non-hydrogen) atoms. The molecule has 1 aliphatic rings. The van der Waals surface area contributed by atoms with Gasteiger partial charge in [-0.05, 0) is 12.8 Å². The standard InChI is InChI=1S/C16H18O5/c1-20-16-14(19)13-11(18)7-10(17)8-12(13)21-15(16)9-5-3-2-4-6-9/h7-9,17-18H,2-6H2,1H3. The summed E-state index contributed by atoms with van der Waals surface area (Å²) in [6, 6.07) is 2.47. The van der Waals surface area contributed by atoms with Gasteiger partial charge in [0.05, 0.1) is 7.11 Å². The number of methoxy groups -OCH3 is 1. The van der Waals surface area contributed by atoms with Crippen molar-refractivity contribution < 1.29 is 19.4 Å². The predicted octanol–water partition coefficient (Wildman–Crippen LogP) is 3.26. The van der Waals surface area contributed by atoms with Crippen molar-refractivity contribution in [1.29, 1.82) is 0 Å². The SMILES string of the molecule is COc1c(C2CCCCC2)oc2cc(O)cc(O)c2c1=O. The maximum atomic E-state index is 12.5. The van der Waals surface area contributed by atoms with Crippen LogP contribution in [0.1, 0.15) is 43.8 Å². The monoisotopic (exact) mass is 290 g/mol. The number of phenols is 2.